The van der Waals surface area contributed by atoms with Gasteiger partial charge in [0.2, 0.25) is 5.91 Å². The summed E-state index contributed by atoms with van der Waals surface area (Å²) in [6.45, 7) is 6.92. The van der Waals surface area contributed by atoms with Gasteiger partial charge < -0.3 is 10.2 Å². The highest BCUT2D eigenvalue weighted by atomic mass is 19.4. The van der Waals surface area contributed by atoms with Crippen molar-refractivity contribution >= 4 is 39.8 Å². The first-order valence-electron chi connectivity index (χ1n) is 17.4. The summed E-state index contributed by atoms with van der Waals surface area (Å²) < 4.78 is 42.0. The van der Waals surface area contributed by atoms with E-state index in [0.717, 1.165) is 43.0 Å². The minimum Gasteiger partial charge on any atom is -0.383 e. The van der Waals surface area contributed by atoms with Gasteiger partial charge in [-0.1, -0.05) is 18.9 Å². The van der Waals surface area contributed by atoms with Crippen LogP contribution >= 0.6 is 0 Å². The topological polar surface area (TPSA) is 114 Å². The quantitative estimate of drug-likeness (QED) is 0.285. The van der Waals surface area contributed by atoms with E-state index in [1.807, 2.05) is 26.0 Å². The summed E-state index contributed by atoms with van der Waals surface area (Å²) in [5.74, 6) is -0.778. The van der Waals surface area contributed by atoms with Crippen LogP contribution in [0.4, 0.5) is 18.9 Å². The molecule has 0 unspecified atom stereocenters. The molecule has 1 aliphatic carbocycles. The second-order valence-corrected chi connectivity index (χ2v) is 14.6. The van der Waals surface area contributed by atoms with Crippen LogP contribution in [0.3, 0.4) is 0 Å². The van der Waals surface area contributed by atoms with Crippen molar-refractivity contribution in [1.82, 2.24) is 19.7 Å². The Morgan fingerprint density at radius 1 is 1.04 bits per heavy atom. The monoisotopic (exact) mass is 679 g/mol. The maximum atomic E-state index is 14.4. The maximum Gasteiger partial charge on any atom is 0.433 e. The molecule has 2 aromatic heterocycles. The van der Waals surface area contributed by atoms with Gasteiger partial charge in [0.25, 0.3) is 0 Å². The van der Waals surface area contributed by atoms with Gasteiger partial charge in [-0.25, -0.2) is 4.98 Å². The van der Waals surface area contributed by atoms with Crippen LogP contribution in [0.1, 0.15) is 112 Å². The number of halogens is 3. The predicted molar refractivity (Wildman–Crippen MR) is 178 cm³/mol. The fourth-order valence-electron chi connectivity index (χ4n) is 7.92. The maximum absolute atomic E-state index is 14.4. The Kier molecular flexibility index (Phi) is 9.45. The summed E-state index contributed by atoms with van der Waals surface area (Å²) in [7, 11) is 0. The van der Waals surface area contributed by atoms with Gasteiger partial charge in [-0.2, -0.15) is 18.3 Å². The SMILES string of the molecule is CC(=O)c1nn2c3c(cc(NC(C)C)cc13)CCCCCCC(=O)CC[C@@]13C[C@@H](C(=O)Cc4nc(C(F)(F)F)ccc4C)N(C(=O)C2)[C@@H]1C3. The fourth-order valence-corrected chi connectivity index (χ4v) is 7.92. The number of hydrogen-bond donors (Lipinski definition) is 1. The fraction of sp³-hybridized carbons (Fsp3) is 0.568. The summed E-state index contributed by atoms with van der Waals surface area (Å²) in [5, 5.41) is 8.75. The average molecular weight is 680 g/mol. The highest BCUT2D eigenvalue weighted by Crippen LogP contribution is 2.62. The minimum absolute atomic E-state index is 0.0334. The third-order valence-corrected chi connectivity index (χ3v) is 10.5. The normalized spacial score (nSPS) is 23.5. The zero-order chi connectivity index (χ0) is 35.2. The van der Waals surface area contributed by atoms with Gasteiger partial charge in [0.1, 0.15) is 23.7 Å². The standard InChI is InChI=1S/C37H44F3N5O4/c1-21(2)41-25-15-24-9-7-5-6-8-10-26(47)13-14-36-18-29(30(48)17-28-22(3)11-12-31(42-28)37(38,39)40)45(32(36)19-36)33(49)20-44-35(24)27(16-25)34(43-44)23(4)46/h11-12,15-16,21,29,32,41H,5-10,13-14,17-20H2,1-4H3/t29-,32+,36-/m0/s1. The van der Waals surface area contributed by atoms with Crippen LogP contribution in [0.15, 0.2) is 24.3 Å². The van der Waals surface area contributed by atoms with Gasteiger partial charge in [-0.15, -0.1) is 0 Å². The number of nitrogens with zero attached hydrogens (tertiary/aromatic N) is 4. The number of carbonyl (C=O) groups excluding carboxylic acids is 4. The molecule has 0 radical (unpaired) electrons. The Morgan fingerprint density at radius 3 is 2.47 bits per heavy atom. The van der Waals surface area contributed by atoms with Crippen molar-refractivity contribution in [1.29, 1.82) is 0 Å². The molecule has 2 aliphatic heterocycles. The number of pyridine rings is 1. The first-order chi connectivity index (χ1) is 23.2. The van der Waals surface area contributed by atoms with E-state index >= 15 is 0 Å². The summed E-state index contributed by atoms with van der Waals surface area (Å²) in [6, 6.07) is 5.17. The van der Waals surface area contributed by atoms with E-state index in [4.69, 9.17) is 0 Å². The van der Waals surface area contributed by atoms with Crippen molar-refractivity contribution in [2.45, 2.75) is 129 Å². The molecule has 3 aliphatic rings. The molecule has 2 bridgehead atoms. The van der Waals surface area contributed by atoms with Crippen molar-refractivity contribution in [3.8, 4) is 0 Å². The molecule has 9 nitrogen and oxygen atoms in total. The van der Waals surface area contributed by atoms with E-state index < -0.39 is 23.3 Å². The number of ketones is 3. The molecule has 1 N–H and O–H groups in total. The molecule has 0 spiro atoms. The Balaban J connectivity index is 1.38. The van der Waals surface area contributed by atoms with Crippen LogP contribution < -0.4 is 5.32 Å². The number of amides is 1. The molecule has 6 rings (SSSR count). The summed E-state index contributed by atoms with van der Waals surface area (Å²) >= 11 is 0. The summed E-state index contributed by atoms with van der Waals surface area (Å²) in [6.07, 6.45) is 1.60. The van der Waals surface area contributed by atoms with Gasteiger partial charge in [0.05, 0.1) is 23.7 Å². The lowest BCUT2D eigenvalue weighted by Crippen LogP contribution is -2.45. The van der Waals surface area contributed by atoms with Crippen LogP contribution in [0.2, 0.25) is 0 Å². The highest BCUT2D eigenvalue weighted by Gasteiger charge is 2.66. The Bertz CT molecular complexity index is 1820. The zero-order valence-corrected chi connectivity index (χ0v) is 28.6. The lowest BCUT2D eigenvalue weighted by molar-refractivity contribution is -0.141. The van der Waals surface area contributed by atoms with E-state index in [1.165, 1.54) is 13.0 Å². The number of benzene rings is 1. The Labute approximate surface area is 284 Å². The Hall–Kier alpha value is -4.09. The molecule has 2 fully saturated rings. The number of rotatable bonds is 6. The summed E-state index contributed by atoms with van der Waals surface area (Å²) in [5.41, 5.74) is 1.82. The van der Waals surface area contributed by atoms with Crippen molar-refractivity contribution in [2.75, 3.05) is 5.32 Å². The van der Waals surface area contributed by atoms with Gasteiger partial charge in [-0.3, -0.25) is 23.9 Å². The molecule has 3 aromatic rings. The van der Waals surface area contributed by atoms with Crippen molar-refractivity contribution < 1.29 is 32.3 Å². The average Bonchev–Trinajstić information content (AvgIpc) is 3.43. The van der Waals surface area contributed by atoms with Crippen LogP contribution in [0, 0.1) is 12.3 Å². The molecule has 12 heteroatoms. The lowest BCUT2D eigenvalue weighted by atomic mass is 9.89. The second kappa shape index (κ2) is 13.3. The predicted octanol–water partition coefficient (Wildman–Crippen LogP) is 6.81. The van der Waals surface area contributed by atoms with Crippen LogP contribution in [0.5, 0.6) is 0 Å². The Morgan fingerprint density at radius 2 is 1.78 bits per heavy atom. The zero-order valence-electron chi connectivity index (χ0n) is 28.6. The van der Waals surface area contributed by atoms with Gasteiger partial charge in [0.15, 0.2) is 11.6 Å². The van der Waals surface area contributed by atoms with Crippen LogP contribution in [0.25, 0.3) is 10.9 Å². The third-order valence-electron chi connectivity index (χ3n) is 10.5. The molecule has 49 heavy (non-hydrogen) atoms. The first kappa shape index (κ1) is 34.8. The molecular formula is C37H44F3N5O4. The molecule has 1 amide bonds. The number of piperidine rings is 1. The van der Waals surface area contributed by atoms with Gasteiger partial charge in [0, 0.05) is 42.9 Å². The van der Waals surface area contributed by atoms with Crippen molar-refractivity contribution in [2.24, 2.45) is 5.41 Å². The largest absolute Gasteiger partial charge is 0.433 e. The van der Waals surface area contributed by atoms with E-state index in [9.17, 15) is 32.3 Å². The van der Waals surface area contributed by atoms with Crippen molar-refractivity contribution in [3.05, 3.63) is 52.5 Å². The number of aromatic nitrogens is 3. The smallest absolute Gasteiger partial charge is 0.383 e. The second-order valence-electron chi connectivity index (χ2n) is 14.6. The summed E-state index contributed by atoms with van der Waals surface area (Å²) in [4.78, 5) is 59.5. The number of aryl methyl sites for hydroxylation is 2. The number of carbonyl (C=O) groups is 4. The number of anilines is 1. The highest BCUT2D eigenvalue weighted by molar-refractivity contribution is 6.07. The molecule has 1 saturated heterocycles. The van der Waals surface area contributed by atoms with Gasteiger partial charge >= 0.3 is 6.18 Å². The molecule has 1 aromatic carbocycles. The van der Waals surface area contributed by atoms with Crippen LogP contribution in [-0.2, 0) is 39.9 Å². The lowest BCUT2D eigenvalue weighted by Gasteiger charge is -2.27. The number of alkyl halides is 3. The van der Waals surface area contributed by atoms with E-state index in [0.29, 0.717) is 55.0 Å². The molecule has 3 atom stereocenters. The molecule has 4 heterocycles. The van der Waals surface area contributed by atoms with E-state index in [2.05, 4.69) is 15.4 Å². The van der Waals surface area contributed by atoms with E-state index in [-0.39, 0.29) is 59.7 Å². The van der Waals surface area contributed by atoms with Gasteiger partial charge in [-0.05, 0) is 94.0 Å². The first-order valence-corrected chi connectivity index (χ1v) is 17.4. The number of Topliss-reactive ketones (excluding diaryl/α,β-unsaturated/α-hetero) is 3. The minimum atomic E-state index is -4.66. The third kappa shape index (κ3) is 7.14. The van der Waals surface area contributed by atoms with E-state index in [1.54, 1.807) is 16.5 Å². The van der Waals surface area contributed by atoms with Crippen LogP contribution in [-0.4, -0.2) is 61.0 Å². The number of hydrogen-bond acceptors (Lipinski definition) is 7. The van der Waals surface area contributed by atoms with Crippen molar-refractivity contribution in [3.63, 3.8) is 0 Å². The molecule has 262 valence electrons. The number of nitrogens with one attached hydrogen (secondary N) is 1. The molecular weight excluding hydrogens is 635 g/mol. The molecule has 1 saturated carbocycles.